The van der Waals surface area contributed by atoms with Crippen LogP contribution in [0.2, 0.25) is 0 Å². The van der Waals surface area contributed by atoms with Crippen molar-refractivity contribution in [2.45, 2.75) is 32.7 Å². The SMILES string of the molecule is Cc1nc(NC=O)nc(NC(C)CCc2sccc2F)n1. The first-order valence-electron chi connectivity index (χ1n) is 6.49. The number of halogens is 1. The molecule has 2 aromatic rings. The fourth-order valence-electron chi connectivity index (χ4n) is 1.81. The summed E-state index contributed by atoms with van der Waals surface area (Å²) in [7, 11) is 0. The van der Waals surface area contributed by atoms with Crippen molar-refractivity contribution in [3.05, 3.63) is 28.0 Å². The zero-order valence-electron chi connectivity index (χ0n) is 11.8. The predicted octanol–water partition coefficient (Wildman–Crippen LogP) is 2.38. The summed E-state index contributed by atoms with van der Waals surface area (Å²) in [4.78, 5) is 23.4. The minimum Gasteiger partial charge on any atom is -0.352 e. The Morgan fingerprint density at radius 2 is 2.14 bits per heavy atom. The molecule has 1 amide bonds. The Bertz CT molecular complexity index is 618. The highest BCUT2D eigenvalue weighted by Gasteiger charge is 2.10. The van der Waals surface area contributed by atoms with Crippen LogP contribution in [0, 0.1) is 12.7 Å². The second kappa shape index (κ2) is 7.07. The Morgan fingerprint density at radius 3 is 2.81 bits per heavy atom. The van der Waals surface area contributed by atoms with E-state index in [0.29, 0.717) is 24.6 Å². The molecule has 1 atom stereocenters. The maximum Gasteiger partial charge on any atom is 0.234 e. The van der Waals surface area contributed by atoms with E-state index in [2.05, 4.69) is 25.6 Å². The number of hydrogen-bond donors (Lipinski definition) is 2. The van der Waals surface area contributed by atoms with Gasteiger partial charge in [-0.25, -0.2) is 4.39 Å². The number of thiophene rings is 1. The lowest BCUT2D eigenvalue weighted by Crippen LogP contribution is -2.19. The van der Waals surface area contributed by atoms with E-state index in [1.807, 2.05) is 6.92 Å². The lowest BCUT2D eigenvalue weighted by molar-refractivity contribution is -0.105. The second-order valence-electron chi connectivity index (χ2n) is 4.57. The van der Waals surface area contributed by atoms with Crippen LogP contribution >= 0.6 is 11.3 Å². The number of hydrogen-bond acceptors (Lipinski definition) is 6. The monoisotopic (exact) mass is 309 g/mol. The Balaban J connectivity index is 1.94. The van der Waals surface area contributed by atoms with E-state index in [9.17, 15) is 9.18 Å². The van der Waals surface area contributed by atoms with Crippen LogP contribution in [0.15, 0.2) is 11.4 Å². The minimum absolute atomic E-state index is 0.0670. The van der Waals surface area contributed by atoms with Crippen molar-refractivity contribution in [3.63, 3.8) is 0 Å². The van der Waals surface area contributed by atoms with Crippen molar-refractivity contribution >= 4 is 29.6 Å². The van der Waals surface area contributed by atoms with Crippen LogP contribution in [0.4, 0.5) is 16.3 Å². The number of carbonyl (C=O) groups is 1. The van der Waals surface area contributed by atoms with Crippen LogP contribution in [0.3, 0.4) is 0 Å². The van der Waals surface area contributed by atoms with Crippen molar-refractivity contribution < 1.29 is 9.18 Å². The smallest absolute Gasteiger partial charge is 0.234 e. The van der Waals surface area contributed by atoms with Gasteiger partial charge in [-0.05, 0) is 38.1 Å². The highest BCUT2D eigenvalue weighted by molar-refractivity contribution is 7.09. The lowest BCUT2D eigenvalue weighted by atomic mass is 10.1. The van der Waals surface area contributed by atoms with Gasteiger partial charge in [-0.3, -0.25) is 10.1 Å². The summed E-state index contributed by atoms with van der Waals surface area (Å²) in [5, 5.41) is 7.27. The first-order valence-corrected chi connectivity index (χ1v) is 7.37. The standard InChI is InChI=1S/C13H16FN5OS/c1-8(3-4-11-10(14)5-6-21-11)16-13-18-9(2)17-12(19-13)15-7-20/h5-8H,3-4H2,1-2H3,(H2,15,16,17,18,19,20). The van der Waals surface area contributed by atoms with E-state index in [0.717, 1.165) is 11.3 Å². The highest BCUT2D eigenvalue weighted by atomic mass is 32.1. The molecular weight excluding hydrogens is 293 g/mol. The molecule has 0 saturated carbocycles. The molecule has 21 heavy (non-hydrogen) atoms. The van der Waals surface area contributed by atoms with E-state index < -0.39 is 0 Å². The zero-order chi connectivity index (χ0) is 15.2. The topological polar surface area (TPSA) is 79.8 Å². The molecule has 0 bridgehead atoms. The summed E-state index contributed by atoms with van der Waals surface area (Å²) < 4.78 is 13.3. The number of aryl methyl sites for hydroxylation is 2. The van der Waals surface area contributed by atoms with E-state index in [4.69, 9.17) is 0 Å². The van der Waals surface area contributed by atoms with Crippen LogP contribution in [-0.4, -0.2) is 27.4 Å². The van der Waals surface area contributed by atoms with E-state index in [1.54, 1.807) is 12.3 Å². The molecule has 8 heteroatoms. The summed E-state index contributed by atoms with van der Waals surface area (Å²) in [6.45, 7) is 3.69. The molecule has 0 fully saturated rings. The first-order chi connectivity index (χ1) is 10.1. The van der Waals surface area contributed by atoms with E-state index in [1.165, 1.54) is 17.4 Å². The van der Waals surface area contributed by atoms with Gasteiger partial charge in [-0.1, -0.05) is 0 Å². The molecule has 2 rings (SSSR count). The number of carbonyl (C=O) groups excluding carboxylic acids is 1. The van der Waals surface area contributed by atoms with Gasteiger partial charge in [0.15, 0.2) is 0 Å². The molecule has 0 aliphatic rings. The van der Waals surface area contributed by atoms with Crippen LogP contribution < -0.4 is 10.6 Å². The average Bonchev–Trinajstić information content (AvgIpc) is 2.81. The van der Waals surface area contributed by atoms with Gasteiger partial charge in [0, 0.05) is 10.9 Å². The maximum absolute atomic E-state index is 13.3. The molecule has 0 aromatic carbocycles. The third kappa shape index (κ3) is 4.45. The number of rotatable bonds is 7. The van der Waals surface area contributed by atoms with Crippen molar-refractivity contribution in [3.8, 4) is 0 Å². The third-order valence-corrected chi connectivity index (χ3v) is 3.76. The summed E-state index contributed by atoms with van der Waals surface area (Å²) in [6.07, 6.45) is 1.92. The fourth-order valence-corrected chi connectivity index (χ4v) is 2.58. The third-order valence-electron chi connectivity index (χ3n) is 2.81. The predicted molar refractivity (Wildman–Crippen MR) is 79.9 cm³/mol. The molecular formula is C13H16FN5OS. The van der Waals surface area contributed by atoms with Gasteiger partial charge in [-0.15, -0.1) is 11.3 Å². The number of aromatic nitrogens is 3. The normalized spacial score (nSPS) is 12.0. The second-order valence-corrected chi connectivity index (χ2v) is 5.57. The van der Waals surface area contributed by atoms with Gasteiger partial charge in [0.2, 0.25) is 18.3 Å². The Hall–Kier alpha value is -2.09. The molecule has 112 valence electrons. The molecule has 2 N–H and O–H groups in total. The van der Waals surface area contributed by atoms with Crippen LogP contribution in [0.25, 0.3) is 0 Å². The number of nitrogens with zero attached hydrogens (tertiary/aromatic N) is 3. The largest absolute Gasteiger partial charge is 0.352 e. The maximum atomic E-state index is 13.3. The number of nitrogens with one attached hydrogen (secondary N) is 2. The molecule has 1 unspecified atom stereocenters. The molecule has 0 radical (unpaired) electrons. The van der Waals surface area contributed by atoms with Crippen molar-refractivity contribution in [1.29, 1.82) is 0 Å². The molecule has 2 heterocycles. The molecule has 6 nitrogen and oxygen atoms in total. The molecule has 0 aliphatic heterocycles. The van der Waals surface area contributed by atoms with Crippen LogP contribution in [0.5, 0.6) is 0 Å². The van der Waals surface area contributed by atoms with Crippen molar-refractivity contribution in [2.24, 2.45) is 0 Å². The summed E-state index contributed by atoms with van der Waals surface area (Å²) >= 11 is 1.42. The van der Waals surface area contributed by atoms with Gasteiger partial charge < -0.3 is 5.32 Å². The Kier molecular flexibility index (Phi) is 5.15. The zero-order valence-corrected chi connectivity index (χ0v) is 12.6. The molecule has 0 saturated heterocycles. The molecule has 2 aromatic heterocycles. The van der Waals surface area contributed by atoms with Gasteiger partial charge >= 0.3 is 0 Å². The fraction of sp³-hybridized carbons (Fsp3) is 0.385. The number of amides is 1. The van der Waals surface area contributed by atoms with Gasteiger partial charge in [0.05, 0.1) is 0 Å². The van der Waals surface area contributed by atoms with Crippen molar-refractivity contribution in [2.75, 3.05) is 10.6 Å². The summed E-state index contributed by atoms with van der Waals surface area (Å²) in [6, 6.07) is 1.54. The summed E-state index contributed by atoms with van der Waals surface area (Å²) in [5.74, 6) is 0.955. The molecule has 0 aliphatic carbocycles. The van der Waals surface area contributed by atoms with Gasteiger partial charge in [-0.2, -0.15) is 15.0 Å². The molecule has 0 spiro atoms. The van der Waals surface area contributed by atoms with E-state index in [-0.39, 0.29) is 17.8 Å². The highest BCUT2D eigenvalue weighted by Crippen LogP contribution is 2.18. The summed E-state index contributed by atoms with van der Waals surface area (Å²) in [5.41, 5.74) is 0. The first kappa shape index (κ1) is 15.3. The quantitative estimate of drug-likeness (QED) is 0.768. The average molecular weight is 309 g/mol. The Morgan fingerprint density at radius 1 is 1.38 bits per heavy atom. The number of anilines is 2. The van der Waals surface area contributed by atoms with Crippen molar-refractivity contribution in [1.82, 2.24) is 15.0 Å². The van der Waals surface area contributed by atoms with Gasteiger partial charge in [0.1, 0.15) is 11.6 Å². The van der Waals surface area contributed by atoms with Crippen LogP contribution in [-0.2, 0) is 11.2 Å². The minimum atomic E-state index is -0.152. The van der Waals surface area contributed by atoms with Gasteiger partial charge in [0.25, 0.3) is 0 Å². The lowest BCUT2D eigenvalue weighted by Gasteiger charge is -2.13. The van der Waals surface area contributed by atoms with E-state index >= 15 is 0 Å². The Labute approximate surface area is 125 Å². The van der Waals surface area contributed by atoms with Crippen LogP contribution in [0.1, 0.15) is 24.0 Å².